The van der Waals surface area contributed by atoms with Gasteiger partial charge in [0.05, 0.1) is 12.8 Å². The predicted octanol–water partition coefficient (Wildman–Crippen LogP) is 5.57. The van der Waals surface area contributed by atoms with Crippen LogP contribution in [0, 0.1) is 13.8 Å². The van der Waals surface area contributed by atoms with Crippen molar-refractivity contribution in [3.05, 3.63) is 87.4 Å². The molecule has 0 aliphatic heterocycles. The number of ether oxygens (including phenoxy) is 3. The molecule has 7 heteroatoms. The third-order valence-corrected chi connectivity index (χ3v) is 5.26. The van der Waals surface area contributed by atoms with E-state index in [9.17, 15) is 4.79 Å². The molecule has 0 aromatic heterocycles. The van der Waals surface area contributed by atoms with Crippen LogP contribution in [-0.2, 0) is 11.4 Å². The Morgan fingerprint density at radius 3 is 2.39 bits per heavy atom. The largest absolute Gasteiger partial charge is 0.490 e. The average Bonchev–Trinajstić information content (AvgIpc) is 2.79. The molecule has 6 nitrogen and oxygen atoms in total. The number of amides is 1. The highest BCUT2D eigenvalue weighted by Gasteiger charge is 2.08. The molecule has 0 bridgehead atoms. The average molecular weight is 511 g/mol. The SMILES string of the molecule is CCOc1cc(/C=N\NC(=O)COc2c(C)cccc2C)ccc1OCc1ccc(Br)cc1. The van der Waals surface area contributed by atoms with Crippen LogP contribution >= 0.6 is 15.9 Å². The molecule has 0 aliphatic rings. The van der Waals surface area contributed by atoms with Crippen molar-refractivity contribution in [2.24, 2.45) is 5.10 Å². The van der Waals surface area contributed by atoms with Gasteiger partial charge < -0.3 is 14.2 Å². The van der Waals surface area contributed by atoms with Crippen molar-refractivity contribution in [3.63, 3.8) is 0 Å². The van der Waals surface area contributed by atoms with E-state index in [0.717, 1.165) is 32.5 Å². The van der Waals surface area contributed by atoms with Gasteiger partial charge in [0.1, 0.15) is 12.4 Å². The molecular weight excluding hydrogens is 484 g/mol. The molecule has 0 saturated carbocycles. The summed E-state index contributed by atoms with van der Waals surface area (Å²) in [4.78, 5) is 12.1. The number of rotatable bonds is 10. The fourth-order valence-corrected chi connectivity index (χ4v) is 3.37. The molecule has 0 aliphatic carbocycles. The Hall–Kier alpha value is -3.32. The van der Waals surface area contributed by atoms with E-state index in [1.807, 2.05) is 81.4 Å². The second-order valence-electron chi connectivity index (χ2n) is 7.36. The summed E-state index contributed by atoms with van der Waals surface area (Å²) in [6.45, 7) is 6.62. The number of nitrogens with zero attached hydrogens (tertiary/aromatic N) is 1. The van der Waals surface area contributed by atoms with Gasteiger partial charge in [-0.15, -0.1) is 0 Å². The minimum Gasteiger partial charge on any atom is -0.490 e. The molecule has 0 atom stereocenters. The topological polar surface area (TPSA) is 69.2 Å². The number of aryl methyl sites for hydroxylation is 2. The summed E-state index contributed by atoms with van der Waals surface area (Å²) in [6, 6.07) is 19.3. The summed E-state index contributed by atoms with van der Waals surface area (Å²) in [5.74, 6) is 1.64. The second-order valence-corrected chi connectivity index (χ2v) is 8.27. The number of nitrogens with one attached hydrogen (secondary N) is 1. The second kappa shape index (κ2) is 12.1. The van der Waals surface area contributed by atoms with Crippen molar-refractivity contribution in [3.8, 4) is 17.2 Å². The Balaban J connectivity index is 1.56. The third-order valence-electron chi connectivity index (χ3n) is 4.73. The molecule has 3 rings (SSSR count). The Labute approximate surface area is 202 Å². The Bertz CT molecular complexity index is 1090. The van der Waals surface area contributed by atoms with E-state index in [-0.39, 0.29) is 12.5 Å². The molecule has 0 spiro atoms. The van der Waals surface area contributed by atoms with E-state index in [0.29, 0.717) is 24.7 Å². The van der Waals surface area contributed by atoms with Crippen LogP contribution in [0.1, 0.15) is 29.2 Å². The predicted molar refractivity (Wildman–Crippen MR) is 133 cm³/mol. The summed E-state index contributed by atoms with van der Waals surface area (Å²) >= 11 is 3.43. The molecular formula is C26H27BrN2O4. The van der Waals surface area contributed by atoms with Crippen molar-refractivity contribution >= 4 is 28.1 Å². The van der Waals surface area contributed by atoms with Gasteiger partial charge in [0, 0.05) is 4.47 Å². The normalized spacial score (nSPS) is 10.8. The number of para-hydroxylation sites is 1. The number of hydrazone groups is 1. The molecule has 1 N–H and O–H groups in total. The Morgan fingerprint density at radius 2 is 1.70 bits per heavy atom. The van der Waals surface area contributed by atoms with Gasteiger partial charge in [0.2, 0.25) is 0 Å². The minimum atomic E-state index is -0.339. The van der Waals surface area contributed by atoms with Crippen LogP contribution in [0.25, 0.3) is 0 Å². The number of carbonyl (C=O) groups excluding carboxylic acids is 1. The molecule has 0 fully saturated rings. The van der Waals surface area contributed by atoms with Crippen LogP contribution in [0.4, 0.5) is 0 Å². The lowest BCUT2D eigenvalue weighted by atomic mass is 10.1. The lowest BCUT2D eigenvalue weighted by Crippen LogP contribution is -2.25. The highest BCUT2D eigenvalue weighted by Crippen LogP contribution is 2.29. The highest BCUT2D eigenvalue weighted by atomic mass is 79.9. The molecule has 0 radical (unpaired) electrons. The zero-order valence-electron chi connectivity index (χ0n) is 18.9. The van der Waals surface area contributed by atoms with Gasteiger partial charge >= 0.3 is 0 Å². The maximum atomic E-state index is 12.1. The summed E-state index contributed by atoms with van der Waals surface area (Å²) in [5.41, 5.74) is 6.28. The molecule has 0 saturated heterocycles. The van der Waals surface area contributed by atoms with Gasteiger partial charge in [0.15, 0.2) is 18.1 Å². The van der Waals surface area contributed by atoms with E-state index in [1.165, 1.54) is 0 Å². The van der Waals surface area contributed by atoms with Gasteiger partial charge in [-0.3, -0.25) is 4.79 Å². The standard InChI is InChI=1S/C26H27BrN2O4/c1-4-31-24-14-21(10-13-23(24)32-16-20-8-11-22(27)12-9-20)15-28-29-25(30)17-33-26-18(2)6-5-7-19(26)3/h5-15H,4,16-17H2,1-3H3,(H,29,30)/b28-15-. The number of halogens is 1. The van der Waals surface area contributed by atoms with E-state index in [1.54, 1.807) is 6.21 Å². The molecule has 3 aromatic rings. The molecule has 0 unspecified atom stereocenters. The fraction of sp³-hybridized carbons (Fsp3) is 0.231. The minimum absolute atomic E-state index is 0.115. The maximum Gasteiger partial charge on any atom is 0.277 e. The first-order valence-corrected chi connectivity index (χ1v) is 11.4. The summed E-state index contributed by atoms with van der Waals surface area (Å²) in [6.07, 6.45) is 1.55. The van der Waals surface area contributed by atoms with Crippen molar-refractivity contribution in [2.45, 2.75) is 27.4 Å². The van der Waals surface area contributed by atoms with Crippen LogP contribution < -0.4 is 19.6 Å². The van der Waals surface area contributed by atoms with Crippen molar-refractivity contribution in [1.29, 1.82) is 0 Å². The molecule has 33 heavy (non-hydrogen) atoms. The first kappa shape index (κ1) is 24.3. The fourth-order valence-electron chi connectivity index (χ4n) is 3.11. The van der Waals surface area contributed by atoms with Crippen LogP contribution in [0.5, 0.6) is 17.2 Å². The van der Waals surface area contributed by atoms with Gasteiger partial charge in [-0.2, -0.15) is 5.10 Å². The van der Waals surface area contributed by atoms with E-state index < -0.39 is 0 Å². The molecule has 1 amide bonds. The number of hydrogen-bond acceptors (Lipinski definition) is 5. The number of hydrogen-bond donors (Lipinski definition) is 1. The van der Waals surface area contributed by atoms with Crippen molar-refractivity contribution < 1.29 is 19.0 Å². The molecule has 172 valence electrons. The van der Waals surface area contributed by atoms with E-state index in [2.05, 4.69) is 26.5 Å². The van der Waals surface area contributed by atoms with Crippen molar-refractivity contribution in [2.75, 3.05) is 13.2 Å². The first-order valence-electron chi connectivity index (χ1n) is 10.6. The summed E-state index contributed by atoms with van der Waals surface area (Å²) < 4.78 is 18.3. The van der Waals surface area contributed by atoms with Gasteiger partial charge in [-0.05, 0) is 73.4 Å². The lowest BCUT2D eigenvalue weighted by Gasteiger charge is -2.13. The molecule has 0 heterocycles. The van der Waals surface area contributed by atoms with Gasteiger partial charge in [-0.25, -0.2) is 5.43 Å². The summed E-state index contributed by atoms with van der Waals surface area (Å²) in [7, 11) is 0. The number of carbonyl (C=O) groups is 1. The Morgan fingerprint density at radius 1 is 0.970 bits per heavy atom. The van der Waals surface area contributed by atoms with E-state index >= 15 is 0 Å². The van der Waals surface area contributed by atoms with Gasteiger partial charge in [-0.1, -0.05) is 46.3 Å². The van der Waals surface area contributed by atoms with Crippen molar-refractivity contribution in [1.82, 2.24) is 5.43 Å². The van der Waals surface area contributed by atoms with Gasteiger partial charge in [0.25, 0.3) is 5.91 Å². The smallest absolute Gasteiger partial charge is 0.277 e. The lowest BCUT2D eigenvalue weighted by molar-refractivity contribution is -0.123. The zero-order chi connectivity index (χ0) is 23.6. The number of benzene rings is 3. The Kier molecular flexibility index (Phi) is 8.89. The van der Waals surface area contributed by atoms with Crippen LogP contribution in [0.2, 0.25) is 0 Å². The monoisotopic (exact) mass is 510 g/mol. The quantitative estimate of drug-likeness (QED) is 0.285. The molecule has 3 aromatic carbocycles. The van der Waals surface area contributed by atoms with Crippen LogP contribution in [0.15, 0.2) is 70.2 Å². The third kappa shape index (κ3) is 7.36. The first-order chi connectivity index (χ1) is 16.0. The zero-order valence-corrected chi connectivity index (χ0v) is 20.5. The maximum absolute atomic E-state index is 12.1. The van der Waals surface area contributed by atoms with Crippen LogP contribution in [-0.4, -0.2) is 25.3 Å². The van der Waals surface area contributed by atoms with Crippen LogP contribution in [0.3, 0.4) is 0 Å². The summed E-state index contributed by atoms with van der Waals surface area (Å²) in [5, 5.41) is 4.03. The highest BCUT2D eigenvalue weighted by molar-refractivity contribution is 9.10. The van der Waals surface area contributed by atoms with E-state index in [4.69, 9.17) is 14.2 Å².